The van der Waals surface area contributed by atoms with Crippen molar-refractivity contribution in [3.05, 3.63) is 60.8 Å². The Morgan fingerprint density at radius 3 is 1.52 bits per heavy atom. The molecule has 0 heterocycles. The Hall–Kier alpha value is -1.80. The standard InChI is InChI=1S/C47H86NO7P/c1-3-5-7-9-11-13-15-17-18-19-20-21-22-23-24-25-26-27-28-29-30-32-34-36-38-40-47(49)55-46(45-54-56(50,51)53-43-41-48)44-52-42-39-37-35-33-31-16-14-12-10-8-6-4-2/h5,7,10-13,17-18,20-21,46H,3-4,6,8-9,14-16,19,22-45,48H2,1-2H3,(H,50,51)/b7-5-,12-10-,13-11-,18-17-,21-20-. The topological polar surface area (TPSA) is 117 Å². The monoisotopic (exact) mass is 808 g/mol. The van der Waals surface area contributed by atoms with E-state index in [1.54, 1.807) is 0 Å². The molecule has 0 radical (unpaired) electrons. The maximum absolute atomic E-state index is 12.6. The summed E-state index contributed by atoms with van der Waals surface area (Å²) in [7, 11) is -4.28. The summed E-state index contributed by atoms with van der Waals surface area (Å²) in [6.45, 7) is 4.76. The lowest BCUT2D eigenvalue weighted by molar-refractivity contribution is -0.154. The molecule has 2 atom stereocenters. The summed E-state index contributed by atoms with van der Waals surface area (Å²) in [5, 5.41) is 0. The highest BCUT2D eigenvalue weighted by molar-refractivity contribution is 7.47. The van der Waals surface area contributed by atoms with Crippen molar-refractivity contribution in [3.8, 4) is 0 Å². The molecule has 0 amide bonds. The van der Waals surface area contributed by atoms with E-state index >= 15 is 0 Å². The van der Waals surface area contributed by atoms with E-state index in [-0.39, 0.29) is 32.3 Å². The molecule has 0 aliphatic rings. The Morgan fingerprint density at radius 1 is 0.554 bits per heavy atom. The van der Waals surface area contributed by atoms with E-state index in [4.69, 9.17) is 24.3 Å². The number of phosphoric acid groups is 1. The largest absolute Gasteiger partial charge is 0.472 e. The molecule has 56 heavy (non-hydrogen) atoms. The molecule has 8 nitrogen and oxygen atoms in total. The lowest BCUT2D eigenvalue weighted by Crippen LogP contribution is -2.28. The van der Waals surface area contributed by atoms with Gasteiger partial charge < -0.3 is 20.1 Å². The second kappa shape index (κ2) is 44.3. The first-order chi connectivity index (χ1) is 27.4. The average molecular weight is 808 g/mol. The van der Waals surface area contributed by atoms with Crippen LogP contribution in [-0.2, 0) is 27.9 Å². The SMILES string of the molecule is CC/C=C\C/C=C\C/C=C\C/C=C\CCCCCCCCCCCCCCC(=O)OC(COCCCCCCCC/C=C\CCCC)COP(=O)(O)OCCN. The van der Waals surface area contributed by atoms with E-state index < -0.39 is 13.9 Å². The molecular weight excluding hydrogens is 721 g/mol. The van der Waals surface area contributed by atoms with Crippen molar-refractivity contribution in [1.82, 2.24) is 0 Å². The zero-order chi connectivity index (χ0) is 40.9. The van der Waals surface area contributed by atoms with Gasteiger partial charge in [-0.2, -0.15) is 0 Å². The Kier molecular flexibility index (Phi) is 42.9. The van der Waals surface area contributed by atoms with Crippen molar-refractivity contribution in [3.63, 3.8) is 0 Å². The predicted octanol–water partition coefficient (Wildman–Crippen LogP) is 13.8. The molecule has 0 aromatic rings. The molecule has 0 spiro atoms. The van der Waals surface area contributed by atoms with E-state index in [0.29, 0.717) is 13.0 Å². The van der Waals surface area contributed by atoms with Crippen molar-refractivity contribution in [2.75, 3.05) is 33.0 Å². The summed E-state index contributed by atoms with van der Waals surface area (Å²) in [5.41, 5.74) is 5.37. The third-order valence-corrected chi connectivity index (χ3v) is 10.4. The quantitative estimate of drug-likeness (QED) is 0.0271. The van der Waals surface area contributed by atoms with Crippen molar-refractivity contribution in [2.45, 2.75) is 200 Å². The second-order valence-corrected chi connectivity index (χ2v) is 16.3. The van der Waals surface area contributed by atoms with Gasteiger partial charge in [-0.1, -0.05) is 177 Å². The Morgan fingerprint density at radius 2 is 1.00 bits per heavy atom. The number of carbonyl (C=O) groups is 1. The molecule has 0 aliphatic heterocycles. The number of unbranched alkanes of at least 4 members (excludes halogenated alkanes) is 20. The molecule has 0 aliphatic carbocycles. The molecule has 0 saturated carbocycles. The fourth-order valence-corrected chi connectivity index (χ4v) is 6.85. The zero-order valence-electron chi connectivity index (χ0n) is 36.1. The summed E-state index contributed by atoms with van der Waals surface area (Å²) in [5.74, 6) is -0.337. The van der Waals surface area contributed by atoms with Gasteiger partial charge in [-0.3, -0.25) is 13.8 Å². The lowest BCUT2D eigenvalue weighted by atomic mass is 10.0. The van der Waals surface area contributed by atoms with Gasteiger partial charge >= 0.3 is 13.8 Å². The number of ether oxygens (including phenoxy) is 2. The van der Waals surface area contributed by atoms with Crippen LogP contribution in [0.25, 0.3) is 0 Å². The number of carbonyl (C=O) groups excluding carboxylic acids is 1. The molecule has 0 aromatic heterocycles. The smallest absolute Gasteiger partial charge is 0.457 e. The number of phosphoric ester groups is 1. The van der Waals surface area contributed by atoms with Crippen molar-refractivity contribution < 1.29 is 32.8 Å². The van der Waals surface area contributed by atoms with E-state index in [9.17, 15) is 14.3 Å². The zero-order valence-corrected chi connectivity index (χ0v) is 37.0. The van der Waals surface area contributed by atoms with Gasteiger partial charge in [-0.05, 0) is 70.6 Å². The number of esters is 1. The van der Waals surface area contributed by atoms with Crippen LogP contribution in [0.5, 0.6) is 0 Å². The fourth-order valence-electron chi connectivity index (χ4n) is 6.09. The van der Waals surface area contributed by atoms with Crippen LogP contribution in [0, 0.1) is 0 Å². The predicted molar refractivity (Wildman–Crippen MR) is 238 cm³/mol. The molecule has 3 N–H and O–H groups in total. The summed E-state index contributed by atoms with van der Waals surface area (Å²) >= 11 is 0. The molecular formula is C47H86NO7P. The van der Waals surface area contributed by atoms with Gasteiger partial charge in [0.2, 0.25) is 0 Å². The van der Waals surface area contributed by atoms with E-state index in [2.05, 4.69) is 74.6 Å². The van der Waals surface area contributed by atoms with Crippen LogP contribution >= 0.6 is 7.82 Å². The molecule has 0 fully saturated rings. The first-order valence-corrected chi connectivity index (χ1v) is 24.3. The van der Waals surface area contributed by atoms with E-state index in [1.807, 2.05) is 0 Å². The number of allylic oxidation sites excluding steroid dienone is 10. The van der Waals surface area contributed by atoms with Gasteiger partial charge in [-0.25, -0.2) is 4.57 Å². The average Bonchev–Trinajstić information content (AvgIpc) is 3.19. The van der Waals surface area contributed by atoms with Gasteiger partial charge in [0.1, 0.15) is 6.10 Å². The maximum Gasteiger partial charge on any atom is 0.472 e. The van der Waals surface area contributed by atoms with Crippen molar-refractivity contribution >= 4 is 13.8 Å². The summed E-state index contributed by atoms with van der Waals surface area (Å²) in [6.07, 6.45) is 53.9. The molecule has 0 saturated heterocycles. The first-order valence-electron chi connectivity index (χ1n) is 22.8. The minimum absolute atomic E-state index is 0.0974. The van der Waals surface area contributed by atoms with Crippen LogP contribution in [0.4, 0.5) is 0 Å². The van der Waals surface area contributed by atoms with Gasteiger partial charge in [-0.15, -0.1) is 0 Å². The molecule has 0 bridgehead atoms. The first kappa shape index (κ1) is 54.2. The van der Waals surface area contributed by atoms with Gasteiger partial charge in [0.15, 0.2) is 0 Å². The van der Waals surface area contributed by atoms with Gasteiger partial charge in [0, 0.05) is 19.6 Å². The third kappa shape index (κ3) is 43.3. The van der Waals surface area contributed by atoms with Gasteiger partial charge in [0.05, 0.1) is 19.8 Å². The van der Waals surface area contributed by atoms with Crippen LogP contribution in [0.3, 0.4) is 0 Å². The third-order valence-electron chi connectivity index (χ3n) is 9.42. The lowest BCUT2D eigenvalue weighted by Gasteiger charge is -2.20. The van der Waals surface area contributed by atoms with Crippen LogP contribution in [-0.4, -0.2) is 49.9 Å². The summed E-state index contributed by atoms with van der Waals surface area (Å²) in [6, 6.07) is 0. The van der Waals surface area contributed by atoms with Crippen molar-refractivity contribution in [1.29, 1.82) is 0 Å². The maximum atomic E-state index is 12.6. The highest BCUT2D eigenvalue weighted by Gasteiger charge is 2.25. The number of rotatable bonds is 43. The van der Waals surface area contributed by atoms with Crippen molar-refractivity contribution in [2.24, 2.45) is 5.73 Å². The number of nitrogens with two attached hydrogens (primary N) is 1. The number of hydrogen-bond acceptors (Lipinski definition) is 7. The Balaban J connectivity index is 3.94. The van der Waals surface area contributed by atoms with Crippen LogP contribution in [0.1, 0.15) is 194 Å². The second-order valence-electron chi connectivity index (χ2n) is 14.9. The van der Waals surface area contributed by atoms with Crippen LogP contribution in [0.15, 0.2) is 60.8 Å². The van der Waals surface area contributed by atoms with E-state index in [1.165, 1.54) is 116 Å². The fraction of sp³-hybridized carbons (Fsp3) is 0.766. The highest BCUT2D eigenvalue weighted by Crippen LogP contribution is 2.43. The molecule has 326 valence electrons. The Bertz CT molecular complexity index is 1040. The molecule has 9 heteroatoms. The summed E-state index contributed by atoms with van der Waals surface area (Å²) in [4.78, 5) is 22.5. The Labute approximate surface area is 344 Å². The summed E-state index contributed by atoms with van der Waals surface area (Å²) < 4.78 is 33.4. The molecule has 0 rings (SSSR count). The normalized spacial score (nSPS) is 14.0. The minimum atomic E-state index is -4.28. The van der Waals surface area contributed by atoms with Gasteiger partial charge in [0.25, 0.3) is 0 Å². The van der Waals surface area contributed by atoms with Crippen LogP contribution in [0.2, 0.25) is 0 Å². The molecule has 0 aromatic carbocycles. The van der Waals surface area contributed by atoms with E-state index in [0.717, 1.165) is 57.8 Å². The number of hydrogen-bond donors (Lipinski definition) is 2. The minimum Gasteiger partial charge on any atom is -0.457 e. The highest BCUT2D eigenvalue weighted by atomic mass is 31.2. The van der Waals surface area contributed by atoms with Crippen LogP contribution < -0.4 is 5.73 Å². The molecule has 2 unspecified atom stereocenters.